The molecule has 0 unspecified atom stereocenters. The molecule has 1 aliphatic rings. The molecule has 4 rings (SSSR count). The molecular formula is C28H24ClN3O6. The van der Waals surface area contributed by atoms with Crippen LogP contribution in [0, 0.1) is 13.8 Å². The molecule has 1 fully saturated rings. The zero-order valence-corrected chi connectivity index (χ0v) is 21.6. The van der Waals surface area contributed by atoms with Gasteiger partial charge in [-0.05, 0) is 67.4 Å². The molecule has 0 radical (unpaired) electrons. The van der Waals surface area contributed by atoms with Gasteiger partial charge in [-0.2, -0.15) is 0 Å². The lowest BCUT2D eigenvalue weighted by molar-refractivity contribution is -0.122. The smallest absolute Gasteiger partial charge is 0.335 e. The van der Waals surface area contributed by atoms with Crippen molar-refractivity contribution in [1.82, 2.24) is 5.32 Å². The van der Waals surface area contributed by atoms with E-state index >= 15 is 0 Å². The van der Waals surface area contributed by atoms with Crippen molar-refractivity contribution >= 4 is 52.8 Å². The number of amides is 5. The SMILES string of the molecule is COc1cc(/C=C2\C(=O)NC(=O)N(c3cccc(Cl)c3)C2=O)ccc1OCC(=O)Nc1ccc(C)cc1C. The first-order valence-electron chi connectivity index (χ1n) is 11.5. The molecule has 38 heavy (non-hydrogen) atoms. The van der Waals surface area contributed by atoms with E-state index in [4.69, 9.17) is 21.1 Å². The number of carbonyl (C=O) groups is 4. The molecule has 3 aromatic rings. The van der Waals surface area contributed by atoms with E-state index in [-0.39, 0.29) is 29.5 Å². The summed E-state index contributed by atoms with van der Waals surface area (Å²) in [6.07, 6.45) is 1.33. The third-order valence-corrected chi connectivity index (χ3v) is 5.92. The van der Waals surface area contributed by atoms with Gasteiger partial charge < -0.3 is 14.8 Å². The number of hydrogen-bond acceptors (Lipinski definition) is 6. The van der Waals surface area contributed by atoms with E-state index in [9.17, 15) is 19.2 Å². The van der Waals surface area contributed by atoms with Crippen molar-refractivity contribution in [3.63, 3.8) is 0 Å². The van der Waals surface area contributed by atoms with Crippen LogP contribution in [0.3, 0.4) is 0 Å². The molecule has 0 spiro atoms. The number of hydrogen-bond donors (Lipinski definition) is 2. The maximum absolute atomic E-state index is 13.1. The van der Waals surface area contributed by atoms with Crippen LogP contribution in [0.1, 0.15) is 16.7 Å². The van der Waals surface area contributed by atoms with E-state index in [1.807, 2.05) is 32.0 Å². The highest BCUT2D eigenvalue weighted by atomic mass is 35.5. The monoisotopic (exact) mass is 533 g/mol. The number of ether oxygens (including phenoxy) is 2. The number of urea groups is 1. The molecule has 3 aromatic carbocycles. The van der Waals surface area contributed by atoms with Gasteiger partial charge in [-0.3, -0.25) is 19.7 Å². The van der Waals surface area contributed by atoms with Crippen LogP contribution in [0.15, 0.2) is 66.2 Å². The number of benzene rings is 3. The Morgan fingerprint density at radius 3 is 2.53 bits per heavy atom. The number of halogens is 1. The van der Waals surface area contributed by atoms with Crippen molar-refractivity contribution in [1.29, 1.82) is 0 Å². The van der Waals surface area contributed by atoms with E-state index in [0.717, 1.165) is 16.0 Å². The second kappa shape index (κ2) is 11.2. The third kappa shape index (κ3) is 5.84. The van der Waals surface area contributed by atoms with Crippen molar-refractivity contribution in [2.45, 2.75) is 13.8 Å². The molecule has 10 heteroatoms. The first-order chi connectivity index (χ1) is 18.2. The average Bonchev–Trinajstić information content (AvgIpc) is 2.87. The largest absolute Gasteiger partial charge is 0.493 e. The number of rotatable bonds is 7. The molecule has 0 saturated carbocycles. The lowest BCUT2D eigenvalue weighted by Gasteiger charge is -2.26. The quantitative estimate of drug-likeness (QED) is 0.337. The average molecular weight is 534 g/mol. The molecule has 194 valence electrons. The van der Waals surface area contributed by atoms with Gasteiger partial charge in [0.05, 0.1) is 12.8 Å². The van der Waals surface area contributed by atoms with Crippen LogP contribution in [-0.4, -0.2) is 37.5 Å². The van der Waals surface area contributed by atoms with Crippen LogP contribution in [-0.2, 0) is 14.4 Å². The molecule has 2 N–H and O–H groups in total. The van der Waals surface area contributed by atoms with E-state index in [1.165, 1.54) is 25.3 Å². The first-order valence-corrected chi connectivity index (χ1v) is 11.9. The number of methoxy groups -OCH3 is 1. The summed E-state index contributed by atoms with van der Waals surface area (Å²) in [4.78, 5) is 51.2. The predicted molar refractivity (Wildman–Crippen MR) is 143 cm³/mol. The molecule has 9 nitrogen and oxygen atoms in total. The summed E-state index contributed by atoms with van der Waals surface area (Å²) < 4.78 is 11.0. The van der Waals surface area contributed by atoms with Crippen molar-refractivity contribution in [2.75, 3.05) is 23.9 Å². The van der Waals surface area contributed by atoms with Crippen molar-refractivity contribution in [2.24, 2.45) is 0 Å². The van der Waals surface area contributed by atoms with E-state index in [1.54, 1.807) is 30.3 Å². The van der Waals surface area contributed by atoms with Crippen molar-refractivity contribution in [3.8, 4) is 11.5 Å². The maximum atomic E-state index is 13.1. The first kappa shape index (κ1) is 26.4. The number of nitrogens with one attached hydrogen (secondary N) is 2. The zero-order valence-electron chi connectivity index (χ0n) is 20.8. The van der Waals surface area contributed by atoms with Crippen LogP contribution in [0.5, 0.6) is 11.5 Å². The number of anilines is 2. The van der Waals surface area contributed by atoms with E-state index in [2.05, 4.69) is 10.6 Å². The Kier molecular flexibility index (Phi) is 7.78. The van der Waals surface area contributed by atoms with Gasteiger partial charge in [0, 0.05) is 10.7 Å². The maximum Gasteiger partial charge on any atom is 0.335 e. The highest BCUT2D eigenvalue weighted by Crippen LogP contribution is 2.30. The number of imide groups is 2. The van der Waals surface area contributed by atoms with Gasteiger partial charge in [0.25, 0.3) is 17.7 Å². The molecule has 1 heterocycles. The Balaban J connectivity index is 1.51. The summed E-state index contributed by atoms with van der Waals surface area (Å²) in [6, 6.07) is 15.7. The molecule has 1 saturated heterocycles. The fourth-order valence-electron chi connectivity index (χ4n) is 3.85. The fraction of sp³-hybridized carbons (Fsp3) is 0.143. The topological polar surface area (TPSA) is 114 Å². The van der Waals surface area contributed by atoms with Gasteiger partial charge >= 0.3 is 6.03 Å². The minimum atomic E-state index is -0.875. The van der Waals surface area contributed by atoms with Gasteiger partial charge in [-0.15, -0.1) is 0 Å². The minimum absolute atomic E-state index is 0.221. The number of carbonyl (C=O) groups excluding carboxylic acids is 4. The lowest BCUT2D eigenvalue weighted by Crippen LogP contribution is -2.54. The van der Waals surface area contributed by atoms with Crippen LogP contribution >= 0.6 is 11.6 Å². The highest BCUT2D eigenvalue weighted by Gasteiger charge is 2.36. The summed E-state index contributed by atoms with van der Waals surface area (Å²) in [5.74, 6) is -1.41. The second-order valence-electron chi connectivity index (χ2n) is 8.50. The van der Waals surface area contributed by atoms with Gasteiger partial charge in [0.15, 0.2) is 18.1 Å². The molecule has 0 bridgehead atoms. The Labute approximate surface area is 224 Å². The van der Waals surface area contributed by atoms with Crippen LogP contribution in [0.25, 0.3) is 6.08 Å². The normalized spacial score (nSPS) is 14.4. The third-order valence-electron chi connectivity index (χ3n) is 5.68. The van der Waals surface area contributed by atoms with Gasteiger partial charge in [-0.25, -0.2) is 9.69 Å². The minimum Gasteiger partial charge on any atom is -0.493 e. The molecule has 5 amide bonds. The lowest BCUT2D eigenvalue weighted by atomic mass is 10.1. The Morgan fingerprint density at radius 1 is 1.03 bits per heavy atom. The molecule has 0 aromatic heterocycles. The van der Waals surface area contributed by atoms with Gasteiger partial charge in [0.2, 0.25) is 0 Å². The summed E-state index contributed by atoms with van der Waals surface area (Å²) in [7, 11) is 1.42. The van der Waals surface area contributed by atoms with Crippen LogP contribution in [0.4, 0.5) is 16.2 Å². The Morgan fingerprint density at radius 2 is 1.82 bits per heavy atom. The Bertz CT molecular complexity index is 1480. The number of nitrogens with zero attached hydrogens (tertiary/aromatic N) is 1. The zero-order chi connectivity index (χ0) is 27.4. The summed E-state index contributed by atoms with van der Waals surface area (Å²) in [5, 5.41) is 5.30. The second-order valence-corrected chi connectivity index (χ2v) is 8.94. The number of aryl methyl sites for hydroxylation is 2. The molecule has 0 aliphatic carbocycles. The predicted octanol–water partition coefficient (Wildman–Crippen LogP) is 4.65. The summed E-state index contributed by atoms with van der Waals surface area (Å²) in [6.45, 7) is 3.61. The van der Waals surface area contributed by atoms with Gasteiger partial charge in [-0.1, -0.05) is 41.4 Å². The highest BCUT2D eigenvalue weighted by molar-refractivity contribution is 6.39. The summed E-state index contributed by atoms with van der Waals surface area (Å²) >= 11 is 6.00. The standard InChI is InChI=1S/C28H24ClN3O6/c1-16-7-9-22(17(2)11-16)30-25(33)15-38-23-10-8-18(13-24(23)37-3)12-21-26(34)31-28(36)32(27(21)35)20-6-4-5-19(29)14-20/h4-14H,15H2,1-3H3,(H,30,33)(H,31,34,36)/b21-12+. The summed E-state index contributed by atoms with van der Waals surface area (Å²) in [5.41, 5.74) is 3.12. The van der Waals surface area contributed by atoms with Crippen molar-refractivity contribution < 1.29 is 28.7 Å². The van der Waals surface area contributed by atoms with Crippen LogP contribution < -0.4 is 25.0 Å². The van der Waals surface area contributed by atoms with Crippen molar-refractivity contribution in [3.05, 3.63) is 87.9 Å². The van der Waals surface area contributed by atoms with E-state index < -0.39 is 17.8 Å². The van der Waals surface area contributed by atoms with E-state index in [0.29, 0.717) is 22.0 Å². The number of barbiturate groups is 1. The van der Waals surface area contributed by atoms with Crippen LogP contribution in [0.2, 0.25) is 5.02 Å². The molecule has 1 aliphatic heterocycles. The molecular weight excluding hydrogens is 510 g/mol. The molecule has 0 atom stereocenters. The Hall–Kier alpha value is -4.63. The van der Waals surface area contributed by atoms with Gasteiger partial charge in [0.1, 0.15) is 5.57 Å². The fourth-order valence-corrected chi connectivity index (χ4v) is 4.03.